The van der Waals surface area contributed by atoms with Gasteiger partial charge in [0.25, 0.3) is 0 Å². The Morgan fingerprint density at radius 1 is 1.45 bits per heavy atom. The Balaban J connectivity index is 0.000000187. The van der Waals surface area contributed by atoms with Gasteiger partial charge < -0.3 is 14.8 Å². The van der Waals surface area contributed by atoms with Gasteiger partial charge in [-0.25, -0.2) is 0 Å². The van der Waals surface area contributed by atoms with Crippen molar-refractivity contribution >= 4 is 11.2 Å². The molecule has 68 valence electrons. The monoisotopic (exact) mass is 180 g/mol. The summed E-state index contributed by atoms with van der Waals surface area (Å²) in [5.41, 5.74) is 0. The summed E-state index contributed by atoms with van der Waals surface area (Å²) in [5.74, 6) is 1.92. The summed E-state index contributed by atoms with van der Waals surface area (Å²) in [6.45, 7) is 1.39. The molecule has 0 saturated carbocycles. The highest BCUT2D eigenvalue weighted by molar-refractivity contribution is 7.91. The average Bonchev–Trinajstić information content (AvgIpc) is 2.41. The number of hydrogen-bond acceptors (Lipinski definition) is 3. The molecule has 2 N–H and O–H groups in total. The molecule has 1 atom stereocenters. The fourth-order valence-corrected chi connectivity index (χ4v) is 1.88. The zero-order valence-corrected chi connectivity index (χ0v) is 7.64. The Morgan fingerprint density at radius 3 is 1.91 bits per heavy atom. The standard InChI is InChI=1S/C4H8OS.C3H8O2/c5-6-3-1-2-4-6;1-3(5)2-4/h1-4H2;3-5H,2H2,1H3. The number of aliphatic hydroxyl groups excluding tert-OH is 2. The van der Waals surface area contributed by atoms with Gasteiger partial charge in [-0.3, -0.25) is 0 Å². The molecular formula is C7H16O3S. The van der Waals surface area contributed by atoms with Crippen molar-refractivity contribution in [2.45, 2.75) is 25.9 Å². The predicted octanol–water partition coefficient (Wildman–Crippen LogP) is -0.112. The fourth-order valence-electron chi connectivity index (χ4n) is 0.628. The minimum absolute atomic E-state index is 0.139. The van der Waals surface area contributed by atoms with E-state index in [4.69, 9.17) is 10.2 Å². The number of aliphatic hydroxyl groups is 2. The van der Waals surface area contributed by atoms with Crippen molar-refractivity contribution in [3.63, 3.8) is 0 Å². The van der Waals surface area contributed by atoms with Gasteiger partial charge in [0.15, 0.2) is 0 Å². The van der Waals surface area contributed by atoms with Gasteiger partial charge in [0.05, 0.1) is 12.7 Å². The van der Waals surface area contributed by atoms with Crippen molar-refractivity contribution in [3.8, 4) is 0 Å². The summed E-state index contributed by atoms with van der Waals surface area (Å²) in [6, 6.07) is 0. The molecule has 1 fully saturated rings. The molecule has 0 aliphatic carbocycles. The second kappa shape index (κ2) is 6.91. The Morgan fingerprint density at radius 2 is 1.82 bits per heavy atom. The molecule has 0 aromatic heterocycles. The van der Waals surface area contributed by atoms with E-state index in [0.29, 0.717) is 0 Å². The molecular weight excluding hydrogens is 164 g/mol. The zero-order chi connectivity index (χ0) is 8.69. The van der Waals surface area contributed by atoms with Crippen molar-refractivity contribution in [3.05, 3.63) is 0 Å². The van der Waals surface area contributed by atoms with Crippen molar-refractivity contribution < 1.29 is 14.8 Å². The molecule has 0 bridgehead atoms. The first kappa shape index (κ1) is 11.2. The lowest BCUT2D eigenvalue weighted by Crippen LogP contribution is -2.03. The third kappa shape index (κ3) is 8.13. The Hall–Kier alpha value is 0.230. The van der Waals surface area contributed by atoms with Crippen LogP contribution in [-0.2, 0) is 11.2 Å². The van der Waals surface area contributed by atoms with Crippen LogP contribution in [0.25, 0.3) is 0 Å². The average molecular weight is 180 g/mol. The Bertz CT molecular complexity index is 81.8. The van der Waals surface area contributed by atoms with Crippen LogP contribution in [0, 0.1) is 0 Å². The second-order valence-corrected chi connectivity index (χ2v) is 4.28. The van der Waals surface area contributed by atoms with Crippen LogP contribution in [-0.4, -0.2) is 39.0 Å². The van der Waals surface area contributed by atoms with E-state index in [1.807, 2.05) is 0 Å². The van der Waals surface area contributed by atoms with Gasteiger partial charge in [-0.1, -0.05) is 11.2 Å². The molecule has 1 rings (SSSR count). The van der Waals surface area contributed by atoms with E-state index in [9.17, 15) is 4.55 Å². The Labute approximate surface area is 70.6 Å². The molecule has 1 heterocycles. The van der Waals surface area contributed by atoms with Gasteiger partial charge in [-0.15, -0.1) is 0 Å². The minimum Gasteiger partial charge on any atom is -0.616 e. The summed E-state index contributed by atoms with van der Waals surface area (Å²) < 4.78 is 10.4. The summed E-state index contributed by atoms with van der Waals surface area (Å²) in [5, 5.41) is 16.0. The maximum atomic E-state index is 10.4. The third-order valence-corrected chi connectivity index (χ3v) is 2.75. The van der Waals surface area contributed by atoms with E-state index in [0.717, 1.165) is 11.5 Å². The van der Waals surface area contributed by atoms with Gasteiger partial charge in [0, 0.05) is 0 Å². The normalized spacial score (nSPS) is 20.7. The van der Waals surface area contributed by atoms with Gasteiger partial charge in [0.2, 0.25) is 0 Å². The molecule has 11 heavy (non-hydrogen) atoms. The molecule has 0 aromatic carbocycles. The van der Waals surface area contributed by atoms with Crippen LogP contribution < -0.4 is 0 Å². The third-order valence-electron chi connectivity index (χ3n) is 1.26. The van der Waals surface area contributed by atoms with Crippen molar-refractivity contribution in [1.29, 1.82) is 0 Å². The molecule has 0 amide bonds. The molecule has 4 heteroatoms. The van der Waals surface area contributed by atoms with E-state index in [-0.39, 0.29) is 6.61 Å². The number of hydrogen-bond donors (Lipinski definition) is 2. The van der Waals surface area contributed by atoms with Gasteiger partial charge in [-0.05, 0) is 19.8 Å². The molecule has 1 aliphatic rings. The number of rotatable bonds is 1. The lowest BCUT2D eigenvalue weighted by molar-refractivity contribution is 0.110. The van der Waals surface area contributed by atoms with Gasteiger partial charge >= 0.3 is 0 Å². The van der Waals surface area contributed by atoms with Crippen molar-refractivity contribution in [1.82, 2.24) is 0 Å². The minimum atomic E-state index is -0.560. The SMILES string of the molecule is CC(O)CO.[O-][S+]1CCCC1. The molecule has 1 unspecified atom stereocenters. The smallest absolute Gasteiger partial charge is 0.105 e. The highest BCUT2D eigenvalue weighted by Gasteiger charge is 2.12. The van der Waals surface area contributed by atoms with Crippen molar-refractivity contribution in [2.24, 2.45) is 0 Å². The van der Waals surface area contributed by atoms with E-state index >= 15 is 0 Å². The quantitative estimate of drug-likeness (QED) is 0.553. The maximum Gasteiger partial charge on any atom is 0.105 e. The first-order valence-corrected chi connectivity index (χ1v) is 5.29. The topological polar surface area (TPSA) is 63.5 Å². The van der Waals surface area contributed by atoms with Crippen LogP contribution in [0.4, 0.5) is 0 Å². The van der Waals surface area contributed by atoms with Crippen LogP contribution in [0.5, 0.6) is 0 Å². The summed E-state index contributed by atoms with van der Waals surface area (Å²) in [6.07, 6.45) is 1.81. The lowest BCUT2D eigenvalue weighted by Gasteiger charge is -1.96. The summed E-state index contributed by atoms with van der Waals surface area (Å²) in [4.78, 5) is 0. The van der Waals surface area contributed by atoms with Crippen LogP contribution in [0.1, 0.15) is 19.8 Å². The van der Waals surface area contributed by atoms with E-state index in [1.54, 1.807) is 0 Å². The molecule has 3 nitrogen and oxygen atoms in total. The van der Waals surface area contributed by atoms with Crippen LogP contribution >= 0.6 is 0 Å². The molecule has 0 aromatic rings. The van der Waals surface area contributed by atoms with E-state index in [1.165, 1.54) is 19.8 Å². The van der Waals surface area contributed by atoms with Crippen LogP contribution in [0.2, 0.25) is 0 Å². The molecule has 1 saturated heterocycles. The lowest BCUT2D eigenvalue weighted by atomic mass is 10.4. The fraction of sp³-hybridized carbons (Fsp3) is 1.00. The van der Waals surface area contributed by atoms with E-state index in [2.05, 4.69) is 0 Å². The van der Waals surface area contributed by atoms with Crippen LogP contribution in [0.3, 0.4) is 0 Å². The maximum absolute atomic E-state index is 10.4. The van der Waals surface area contributed by atoms with Gasteiger partial charge in [0.1, 0.15) is 11.5 Å². The first-order chi connectivity index (χ1) is 5.16. The summed E-state index contributed by atoms with van der Waals surface area (Å²) >= 11 is -0.423. The molecule has 1 aliphatic heterocycles. The predicted molar refractivity (Wildman–Crippen MR) is 45.9 cm³/mol. The van der Waals surface area contributed by atoms with Crippen LogP contribution in [0.15, 0.2) is 0 Å². The zero-order valence-electron chi connectivity index (χ0n) is 6.82. The van der Waals surface area contributed by atoms with Crippen molar-refractivity contribution in [2.75, 3.05) is 18.1 Å². The summed E-state index contributed by atoms with van der Waals surface area (Å²) in [7, 11) is 0. The highest BCUT2D eigenvalue weighted by atomic mass is 32.2. The second-order valence-electron chi connectivity index (χ2n) is 2.59. The van der Waals surface area contributed by atoms with Gasteiger partial charge in [-0.2, -0.15) is 0 Å². The molecule has 0 spiro atoms. The van der Waals surface area contributed by atoms with E-state index < -0.39 is 17.3 Å². The molecule has 0 radical (unpaired) electrons. The highest BCUT2D eigenvalue weighted by Crippen LogP contribution is 2.08. The Kier molecular flexibility index (Phi) is 7.06. The largest absolute Gasteiger partial charge is 0.616 e. The first-order valence-electron chi connectivity index (χ1n) is 3.80.